The van der Waals surface area contributed by atoms with E-state index in [0.717, 1.165) is 10.9 Å². The molecule has 162 valence electrons. The van der Waals surface area contributed by atoms with Crippen LogP contribution in [0.25, 0.3) is 22.2 Å². The third-order valence-electron chi connectivity index (χ3n) is 4.21. The van der Waals surface area contributed by atoms with E-state index < -0.39 is 23.6 Å². The molecule has 0 aliphatic carbocycles. The molecule has 0 fully saturated rings. The van der Waals surface area contributed by atoms with Gasteiger partial charge in [0.25, 0.3) is 0 Å². The van der Waals surface area contributed by atoms with E-state index in [9.17, 15) is 9.59 Å². The fourth-order valence-corrected chi connectivity index (χ4v) is 3.06. The normalized spacial score (nSPS) is 12.3. The van der Waals surface area contributed by atoms with Crippen LogP contribution in [0.1, 0.15) is 27.7 Å². The molecule has 3 aromatic rings. The van der Waals surface area contributed by atoms with Crippen LogP contribution in [-0.4, -0.2) is 33.6 Å². The van der Waals surface area contributed by atoms with Crippen LogP contribution in [0.4, 0.5) is 16.4 Å². The smallest absolute Gasteiger partial charge is 0.408 e. The quantitative estimate of drug-likeness (QED) is 0.552. The van der Waals surface area contributed by atoms with Crippen LogP contribution in [0.15, 0.2) is 42.5 Å². The molecule has 0 saturated carbocycles. The molecule has 1 aromatic heterocycles. The third kappa shape index (κ3) is 5.82. The van der Waals surface area contributed by atoms with Crippen LogP contribution in [0.5, 0.6) is 0 Å². The van der Waals surface area contributed by atoms with Gasteiger partial charge in [-0.05, 0) is 58.0 Å². The highest BCUT2D eigenvalue weighted by molar-refractivity contribution is 6.31. The lowest BCUT2D eigenvalue weighted by atomic mass is 10.1. The second kappa shape index (κ2) is 8.77. The molecule has 8 nitrogen and oxygen atoms in total. The molecule has 2 amide bonds. The Morgan fingerprint density at radius 1 is 1.13 bits per heavy atom. The average molecular weight is 442 g/mol. The van der Waals surface area contributed by atoms with Gasteiger partial charge in [-0.1, -0.05) is 23.7 Å². The Kier molecular flexibility index (Phi) is 6.31. The largest absolute Gasteiger partial charge is 0.444 e. The van der Waals surface area contributed by atoms with Gasteiger partial charge in [0, 0.05) is 21.7 Å². The van der Waals surface area contributed by atoms with Gasteiger partial charge in [-0.3, -0.25) is 4.79 Å². The lowest BCUT2D eigenvalue weighted by Gasteiger charge is -2.21. The van der Waals surface area contributed by atoms with E-state index in [1.165, 1.54) is 0 Å². The molecule has 0 aliphatic heterocycles. The second-order valence-electron chi connectivity index (χ2n) is 8.03. The SMILES string of the molecule is C[C@H](NC(=O)OC(C)(C)C)C(=O)Nc1cccc(-c2nc(N)nc3ccc(Cl)cc23)c1. The van der Waals surface area contributed by atoms with Crippen LogP contribution in [-0.2, 0) is 9.53 Å². The highest BCUT2D eigenvalue weighted by atomic mass is 35.5. The summed E-state index contributed by atoms with van der Waals surface area (Å²) in [6.45, 7) is 6.82. The molecule has 0 saturated heterocycles. The van der Waals surface area contributed by atoms with Crippen LogP contribution in [0.3, 0.4) is 0 Å². The minimum absolute atomic E-state index is 0.134. The lowest BCUT2D eigenvalue weighted by molar-refractivity contribution is -0.117. The van der Waals surface area contributed by atoms with Crippen LogP contribution < -0.4 is 16.4 Å². The fraction of sp³-hybridized carbons (Fsp3) is 0.273. The van der Waals surface area contributed by atoms with Gasteiger partial charge in [-0.25, -0.2) is 14.8 Å². The molecule has 0 unspecified atom stereocenters. The fourth-order valence-electron chi connectivity index (χ4n) is 2.88. The van der Waals surface area contributed by atoms with Gasteiger partial charge in [0.1, 0.15) is 11.6 Å². The number of hydrogen-bond donors (Lipinski definition) is 3. The Bertz CT molecular complexity index is 1140. The minimum Gasteiger partial charge on any atom is -0.444 e. The van der Waals surface area contributed by atoms with Crippen molar-refractivity contribution in [1.29, 1.82) is 0 Å². The Morgan fingerprint density at radius 3 is 2.58 bits per heavy atom. The number of nitrogens with zero attached hydrogens (tertiary/aromatic N) is 2. The molecule has 1 heterocycles. The van der Waals surface area contributed by atoms with Gasteiger partial charge < -0.3 is 21.1 Å². The zero-order chi connectivity index (χ0) is 22.8. The summed E-state index contributed by atoms with van der Waals surface area (Å²) in [6.07, 6.45) is -0.663. The Balaban J connectivity index is 1.81. The highest BCUT2D eigenvalue weighted by Gasteiger charge is 2.21. The number of rotatable bonds is 4. The van der Waals surface area contributed by atoms with E-state index in [4.69, 9.17) is 22.1 Å². The minimum atomic E-state index is -0.798. The first-order chi connectivity index (χ1) is 14.5. The first-order valence-electron chi connectivity index (χ1n) is 9.65. The van der Waals surface area contributed by atoms with Gasteiger partial charge in [0.15, 0.2) is 0 Å². The van der Waals surface area contributed by atoms with Crippen molar-refractivity contribution in [1.82, 2.24) is 15.3 Å². The van der Waals surface area contributed by atoms with E-state index in [1.807, 2.05) is 6.07 Å². The van der Waals surface area contributed by atoms with Crippen molar-refractivity contribution < 1.29 is 14.3 Å². The number of aromatic nitrogens is 2. The predicted octanol–water partition coefficient (Wildman–Crippen LogP) is 4.38. The number of nitrogen functional groups attached to an aromatic ring is 1. The number of carbonyl (C=O) groups is 2. The summed E-state index contributed by atoms with van der Waals surface area (Å²) in [6, 6.07) is 11.6. The number of fused-ring (bicyclic) bond motifs is 1. The number of nitrogens with one attached hydrogen (secondary N) is 2. The van der Waals surface area contributed by atoms with Crippen LogP contribution in [0, 0.1) is 0 Å². The van der Waals surface area contributed by atoms with Crippen molar-refractivity contribution in [3.8, 4) is 11.3 Å². The number of anilines is 2. The van der Waals surface area contributed by atoms with Gasteiger partial charge in [0.05, 0.1) is 11.2 Å². The summed E-state index contributed by atoms with van der Waals surface area (Å²) in [5.74, 6) is -0.257. The number of amides is 2. The van der Waals surface area contributed by atoms with E-state index in [-0.39, 0.29) is 5.95 Å². The second-order valence-corrected chi connectivity index (χ2v) is 8.47. The van der Waals surface area contributed by atoms with E-state index in [0.29, 0.717) is 21.9 Å². The van der Waals surface area contributed by atoms with Crippen molar-refractivity contribution in [2.75, 3.05) is 11.1 Å². The van der Waals surface area contributed by atoms with Crippen molar-refractivity contribution in [3.63, 3.8) is 0 Å². The zero-order valence-electron chi connectivity index (χ0n) is 17.7. The number of ether oxygens (including phenoxy) is 1. The van der Waals surface area contributed by atoms with Gasteiger partial charge in [-0.15, -0.1) is 0 Å². The molecule has 2 aromatic carbocycles. The highest BCUT2D eigenvalue weighted by Crippen LogP contribution is 2.30. The Morgan fingerprint density at radius 2 is 1.87 bits per heavy atom. The van der Waals surface area contributed by atoms with Gasteiger partial charge >= 0.3 is 6.09 Å². The van der Waals surface area contributed by atoms with Crippen molar-refractivity contribution >= 4 is 46.1 Å². The molecular formula is C22H24ClN5O3. The van der Waals surface area contributed by atoms with Crippen molar-refractivity contribution in [2.24, 2.45) is 0 Å². The standard InChI is InChI=1S/C22H24ClN5O3/c1-12(25-21(30)31-22(2,3)4)19(29)26-15-7-5-6-13(10-15)18-16-11-14(23)8-9-17(16)27-20(24)28-18/h5-12H,1-4H3,(H,25,30)(H,26,29)(H2,24,27,28)/t12-/m0/s1. The summed E-state index contributed by atoms with van der Waals surface area (Å²) in [7, 11) is 0. The van der Waals surface area contributed by atoms with Crippen molar-refractivity contribution in [3.05, 3.63) is 47.5 Å². The predicted molar refractivity (Wildman–Crippen MR) is 122 cm³/mol. The zero-order valence-corrected chi connectivity index (χ0v) is 18.4. The van der Waals surface area contributed by atoms with E-state index >= 15 is 0 Å². The van der Waals surface area contributed by atoms with Crippen LogP contribution >= 0.6 is 11.6 Å². The third-order valence-corrected chi connectivity index (χ3v) is 4.44. The number of carbonyl (C=O) groups excluding carboxylic acids is 2. The van der Waals surface area contributed by atoms with Crippen LogP contribution in [0.2, 0.25) is 5.02 Å². The lowest BCUT2D eigenvalue weighted by Crippen LogP contribution is -2.43. The first-order valence-corrected chi connectivity index (χ1v) is 10.0. The molecule has 1 atom stereocenters. The van der Waals surface area contributed by atoms with E-state index in [2.05, 4.69) is 20.6 Å². The molecule has 3 rings (SSSR count). The molecular weight excluding hydrogens is 418 g/mol. The molecule has 0 radical (unpaired) electrons. The molecule has 4 N–H and O–H groups in total. The number of nitrogens with two attached hydrogens (primary N) is 1. The van der Waals surface area contributed by atoms with Crippen molar-refractivity contribution in [2.45, 2.75) is 39.3 Å². The summed E-state index contributed by atoms with van der Waals surface area (Å²) in [4.78, 5) is 33.0. The maximum absolute atomic E-state index is 12.5. The molecule has 0 spiro atoms. The molecule has 31 heavy (non-hydrogen) atoms. The summed E-state index contributed by atoms with van der Waals surface area (Å²) in [5.41, 5.74) is 7.74. The average Bonchev–Trinajstić information content (AvgIpc) is 2.66. The topological polar surface area (TPSA) is 119 Å². The molecule has 0 aliphatic rings. The number of alkyl carbamates (subject to hydrolysis) is 1. The van der Waals surface area contributed by atoms with Gasteiger partial charge in [0.2, 0.25) is 11.9 Å². The summed E-state index contributed by atoms with van der Waals surface area (Å²) in [5, 5.41) is 6.59. The number of hydrogen-bond acceptors (Lipinski definition) is 6. The Hall–Kier alpha value is -3.39. The number of halogens is 1. The maximum Gasteiger partial charge on any atom is 0.408 e. The van der Waals surface area contributed by atoms with E-state index in [1.54, 1.807) is 64.1 Å². The number of benzene rings is 2. The summed E-state index contributed by atoms with van der Waals surface area (Å²) >= 11 is 6.15. The molecule has 0 bridgehead atoms. The molecule has 9 heteroatoms. The Labute approximate surface area is 185 Å². The van der Waals surface area contributed by atoms with Gasteiger partial charge in [-0.2, -0.15) is 0 Å². The first kappa shape index (κ1) is 22.3. The maximum atomic E-state index is 12.5. The monoisotopic (exact) mass is 441 g/mol. The summed E-state index contributed by atoms with van der Waals surface area (Å²) < 4.78 is 5.18.